The number of carbonyl (C=O) groups is 1. The van der Waals surface area contributed by atoms with Gasteiger partial charge in [0, 0.05) is 29.7 Å². The number of hydrogen-bond acceptors (Lipinski definition) is 6. The second-order valence-corrected chi connectivity index (χ2v) is 6.32. The van der Waals surface area contributed by atoms with Gasteiger partial charge in [-0.1, -0.05) is 17.7 Å². The van der Waals surface area contributed by atoms with Gasteiger partial charge in [0.15, 0.2) is 11.5 Å². The molecule has 3 rings (SSSR count). The van der Waals surface area contributed by atoms with Gasteiger partial charge in [-0.3, -0.25) is 9.78 Å². The molecule has 0 aliphatic rings. The van der Waals surface area contributed by atoms with E-state index in [9.17, 15) is 4.79 Å². The van der Waals surface area contributed by atoms with Gasteiger partial charge >= 0.3 is 0 Å². The first kappa shape index (κ1) is 20.0. The third-order valence-electron chi connectivity index (χ3n) is 4.26. The molecule has 29 heavy (non-hydrogen) atoms. The highest BCUT2D eigenvalue weighted by Gasteiger charge is 2.15. The number of ether oxygens (including phenoxy) is 3. The Hall–Kier alpha value is -3.74. The fraction of sp³-hybridized carbons (Fsp3) is 0.182. The first-order valence-electron chi connectivity index (χ1n) is 8.94. The van der Waals surface area contributed by atoms with Gasteiger partial charge in [0.1, 0.15) is 0 Å². The smallest absolute Gasteiger partial charge is 0.257 e. The number of aromatic nitrogens is 1. The standard InChI is InChI=1S/C22H23N3O4/c1-14-5-7-16(8-6-14)24-18-9-15(12-23-13-18)22(26)25-17-10-19(27-2)21(29-4)20(11-17)28-3/h5-13,24H,1-4H3,(H,25,26). The predicted molar refractivity (Wildman–Crippen MR) is 113 cm³/mol. The fourth-order valence-corrected chi connectivity index (χ4v) is 2.79. The van der Waals surface area contributed by atoms with Crippen LogP contribution in [0.1, 0.15) is 15.9 Å². The molecule has 0 radical (unpaired) electrons. The molecule has 0 saturated carbocycles. The largest absolute Gasteiger partial charge is 0.493 e. The maximum atomic E-state index is 12.7. The van der Waals surface area contributed by atoms with E-state index in [-0.39, 0.29) is 5.91 Å². The number of methoxy groups -OCH3 is 3. The van der Waals surface area contributed by atoms with Crippen molar-refractivity contribution in [1.82, 2.24) is 4.98 Å². The van der Waals surface area contributed by atoms with E-state index in [1.54, 1.807) is 24.4 Å². The number of anilines is 3. The molecule has 0 saturated heterocycles. The summed E-state index contributed by atoms with van der Waals surface area (Å²) in [5.74, 6) is 1.06. The van der Waals surface area contributed by atoms with E-state index in [0.29, 0.717) is 34.2 Å². The summed E-state index contributed by atoms with van der Waals surface area (Å²) < 4.78 is 15.9. The van der Waals surface area contributed by atoms with Crippen LogP contribution in [0.5, 0.6) is 17.2 Å². The number of hydrogen-bond donors (Lipinski definition) is 2. The molecule has 0 fully saturated rings. The molecule has 0 atom stereocenters. The van der Waals surface area contributed by atoms with Gasteiger partial charge in [0.2, 0.25) is 5.75 Å². The van der Waals surface area contributed by atoms with Gasteiger partial charge in [0.25, 0.3) is 5.91 Å². The molecule has 7 heteroatoms. The number of carbonyl (C=O) groups excluding carboxylic acids is 1. The van der Waals surface area contributed by atoms with Gasteiger partial charge in [-0.15, -0.1) is 0 Å². The Morgan fingerprint density at radius 2 is 1.48 bits per heavy atom. The van der Waals surface area contributed by atoms with Crippen molar-refractivity contribution in [3.8, 4) is 17.2 Å². The summed E-state index contributed by atoms with van der Waals surface area (Å²) in [7, 11) is 4.57. The van der Waals surface area contributed by atoms with Crippen LogP contribution in [0, 0.1) is 6.92 Å². The number of amides is 1. The molecule has 1 aromatic heterocycles. The fourth-order valence-electron chi connectivity index (χ4n) is 2.79. The molecule has 0 bridgehead atoms. The zero-order valence-electron chi connectivity index (χ0n) is 16.8. The minimum absolute atomic E-state index is 0.306. The van der Waals surface area contributed by atoms with Gasteiger partial charge in [-0.05, 0) is 25.1 Å². The van der Waals surface area contributed by atoms with E-state index >= 15 is 0 Å². The topological polar surface area (TPSA) is 81.7 Å². The minimum atomic E-state index is -0.306. The number of aryl methyl sites for hydroxylation is 1. The van der Waals surface area contributed by atoms with Crippen LogP contribution in [0.4, 0.5) is 17.1 Å². The number of nitrogens with one attached hydrogen (secondary N) is 2. The second-order valence-electron chi connectivity index (χ2n) is 6.32. The van der Waals surface area contributed by atoms with Crippen molar-refractivity contribution in [3.05, 3.63) is 66.0 Å². The Morgan fingerprint density at radius 1 is 0.828 bits per heavy atom. The minimum Gasteiger partial charge on any atom is -0.493 e. The Labute approximate surface area is 169 Å². The van der Waals surface area contributed by atoms with Crippen molar-refractivity contribution in [2.75, 3.05) is 32.0 Å². The number of rotatable bonds is 7. The summed E-state index contributed by atoms with van der Waals surface area (Å²) in [4.78, 5) is 16.9. The zero-order valence-corrected chi connectivity index (χ0v) is 16.8. The van der Waals surface area contributed by atoms with Crippen molar-refractivity contribution < 1.29 is 19.0 Å². The summed E-state index contributed by atoms with van der Waals surface area (Å²) in [5, 5.41) is 6.08. The Kier molecular flexibility index (Phi) is 6.19. The maximum Gasteiger partial charge on any atom is 0.257 e. The van der Waals surface area contributed by atoms with Crippen molar-refractivity contribution >= 4 is 23.0 Å². The van der Waals surface area contributed by atoms with E-state index in [0.717, 1.165) is 5.69 Å². The van der Waals surface area contributed by atoms with Crippen LogP contribution in [0.2, 0.25) is 0 Å². The van der Waals surface area contributed by atoms with Crippen LogP contribution in [0.15, 0.2) is 54.9 Å². The van der Waals surface area contributed by atoms with Crippen LogP contribution < -0.4 is 24.8 Å². The molecule has 0 spiro atoms. The Morgan fingerprint density at radius 3 is 2.07 bits per heavy atom. The molecular weight excluding hydrogens is 370 g/mol. The molecule has 0 unspecified atom stereocenters. The van der Waals surface area contributed by atoms with Crippen LogP contribution in [0.3, 0.4) is 0 Å². The second kappa shape index (κ2) is 8.97. The first-order chi connectivity index (χ1) is 14.0. The molecule has 1 heterocycles. The van der Waals surface area contributed by atoms with Crippen LogP contribution in [0.25, 0.3) is 0 Å². The van der Waals surface area contributed by atoms with Crippen molar-refractivity contribution in [1.29, 1.82) is 0 Å². The van der Waals surface area contributed by atoms with E-state index in [1.807, 2.05) is 31.2 Å². The quantitative estimate of drug-likeness (QED) is 0.619. The van der Waals surface area contributed by atoms with Crippen molar-refractivity contribution in [3.63, 3.8) is 0 Å². The molecule has 2 aromatic carbocycles. The van der Waals surface area contributed by atoms with Gasteiger partial charge in [-0.25, -0.2) is 0 Å². The monoisotopic (exact) mass is 393 g/mol. The average Bonchev–Trinajstić information content (AvgIpc) is 2.74. The summed E-state index contributed by atoms with van der Waals surface area (Å²) in [6.45, 7) is 2.03. The average molecular weight is 393 g/mol. The lowest BCUT2D eigenvalue weighted by atomic mass is 10.2. The number of pyridine rings is 1. The highest BCUT2D eigenvalue weighted by Crippen LogP contribution is 2.40. The third kappa shape index (κ3) is 4.76. The molecule has 0 aliphatic heterocycles. The highest BCUT2D eigenvalue weighted by atomic mass is 16.5. The lowest BCUT2D eigenvalue weighted by molar-refractivity contribution is 0.102. The summed E-state index contributed by atoms with van der Waals surface area (Å²) in [5.41, 5.74) is 3.73. The van der Waals surface area contributed by atoms with Crippen molar-refractivity contribution in [2.45, 2.75) is 6.92 Å². The maximum absolute atomic E-state index is 12.7. The predicted octanol–water partition coefficient (Wildman–Crippen LogP) is 4.41. The number of nitrogens with zero attached hydrogens (tertiary/aromatic N) is 1. The van der Waals surface area contributed by atoms with Gasteiger partial charge in [-0.2, -0.15) is 0 Å². The Balaban J connectivity index is 1.80. The zero-order chi connectivity index (χ0) is 20.8. The molecule has 1 amide bonds. The van der Waals surface area contributed by atoms with Crippen LogP contribution in [-0.2, 0) is 0 Å². The van der Waals surface area contributed by atoms with E-state index in [2.05, 4.69) is 15.6 Å². The summed E-state index contributed by atoms with van der Waals surface area (Å²) >= 11 is 0. The molecule has 0 aliphatic carbocycles. The van der Waals surface area contributed by atoms with Gasteiger partial charge in [0.05, 0.1) is 38.8 Å². The third-order valence-corrected chi connectivity index (χ3v) is 4.26. The first-order valence-corrected chi connectivity index (χ1v) is 8.94. The SMILES string of the molecule is COc1cc(NC(=O)c2cncc(Nc3ccc(C)cc3)c2)cc(OC)c1OC. The van der Waals surface area contributed by atoms with Gasteiger partial charge < -0.3 is 24.8 Å². The lowest BCUT2D eigenvalue weighted by Gasteiger charge is -2.15. The van der Waals surface area contributed by atoms with Crippen LogP contribution in [-0.4, -0.2) is 32.2 Å². The molecule has 2 N–H and O–H groups in total. The molecule has 3 aromatic rings. The lowest BCUT2D eigenvalue weighted by Crippen LogP contribution is -2.13. The normalized spacial score (nSPS) is 10.2. The van der Waals surface area contributed by atoms with Crippen LogP contribution >= 0.6 is 0 Å². The van der Waals surface area contributed by atoms with E-state index in [1.165, 1.54) is 33.1 Å². The molecule has 150 valence electrons. The highest BCUT2D eigenvalue weighted by molar-refractivity contribution is 6.05. The van der Waals surface area contributed by atoms with Crippen molar-refractivity contribution in [2.24, 2.45) is 0 Å². The van der Waals surface area contributed by atoms with E-state index < -0.39 is 0 Å². The molecular formula is C22H23N3O4. The summed E-state index contributed by atoms with van der Waals surface area (Å²) in [6, 6.07) is 13.0. The Bertz CT molecular complexity index is 978. The number of benzene rings is 2. The molecule has 7 nitrogen and oxygen atoms in total. The van der Waals surface area contributed by atoms with E-state index in [4.69, 9.17) is 14.2 Å². The summed E-state index contributed by atoms with van der Waals surface area (Å²) in [6.07, 6.45) is 3.17.